The number of carbonyl (C=O) groups excluding carboxylic acids is 1. The van der Waals surface area contributed by atoms with Crippen molar-refractivity contribution in [1.82, 2.24) is 14.9 Å². The van der Waals surface area contributed by atoms with Crippen LogP contribution < -0.4 is 5.32 Å². The van der Waals surface area contributed by atoms with E-state index in [1.165, 1.54) is 0 Å². The molecule has 1 aromatic carbocycles. The van der Waals surface area contributed by atoms with E-state index in [1.807, 2.05) is 17.0 Å². The fourth-order valence-electron chi connectivity index (χ4n) is 2.80. The Morgan fingerprint density at radius 3 is 2.54 bits per heavy atom. The summed E-state index contributed by atoms with van der Waals surface area (Å²) < 4.78 is 0. The molecule has 0 atom stereocenters. The van der Waals surface area contributed by atoms with Gasteiger partial charge >= 0.3 is 0 Å². The van der Waals surface area contributed by atoms with Crippen LogP contribution in [0.15, 0.2) is 30.3 Å². The van der Waals surface area contributed by atoms with Crippen molar-refractivity contribution in [2.45, 2.75) is 26.7 Å². The van der Waals surface area contributed by atoms with Crippen LogP contribution in [0.5, 0.6) is 0 Å². The third-order valence-corrected chi connectivity index (χ3v) is 4.50. The van der Waals surface area contributed by atoms with E-state index in [2.05, 4.69) is 22.2 Å². The lowest BCUT2D eigenvalue weighted by atomic mass is 9.99. The van der Waals surface area contributed by atoms with E-state index in [1.54, 1.807) is 25.1 Å². The van der Waals surface area contributed by atoms with Gasteiger partial charge in [-0.3, -0.25) is 4.79 Å². The van der Waals surface area contributed by atoms with E-state index in [0.717, 1.165) is 31.6 Å². The molecule has 24 heavy (non-hydrogen) atoms. The van der Waals surface area contributed by atoms with Crippen LogP contribution in [0.4, 0.5) is 11.5 Å². The molecule has 1 aromatic heterocycles. The first-order valence-corrected chi connectivity index (χ1v) is 8.56. The molecule has 1 saturated heterocycles. The number of benzene rings is 1. The van der Waals surface area contributed by atoms with Gasteiger partial charge in [-0.05, 0) is 49.9 Å². The summed E-state index contributed by atoms with van der Waals surface area (Å²) in [4.78, 5) is 23.3. The number of likely N-dealkylation sites (tertiary alicyclic amines) is 1. The van der Waals surface area contributed by atoms with E-state index < -0.39 is 0 Å². The predicted molar refractivity (Wildman–Crippen MR) is 95.8 cm³/mol. The largest absolute Gasteiger partial charge is 0.340 e. The average molecular weight is 345 g/mol. The second-order valence-corrected chi connectivity index (χ2v) is 6.73. The Hall–Kier alpha value is -2.14. The van der Waals surface area contributed by atoms with Crippen molar-refractivity contribution >= 4 is 29.0 Å². The highest BCUT2D eigenvalue weighted by Gasteiger charge is 2.23. The second-order valence-electron chi connectivity index (χ2n) is 6.29. The van der Waals surface area contributed by atoms with Gasteiger partial charge in [0.1, 0.15) is 17.3 Å². The molecule has 0 aliphatic carbocycles. The van der Waals surface area contributed by atoms with Gasteiger partial charge in [0, 0.05) is 29.9 Å². The lowest BCUT2D eigenvalue weighted by molar-refractivity contribution is 0.0691. The quantitative estimate of drug-likeness (QED) is 0.912. The summed E-state index contributed by atoms with van der Waals surface area (Å²) in [6.45, 7) is 5.61. The molecule has 0 unspecified atom stereocenters. The highest BCUT2D eigenvalue weighted by atomic mass is 35.5. The molecule has 2 heterocycles. The minimum atomic E-state index is -0.0217. The van der Waals surface area contributed by atoms with Gasteiger partial charge in [-0.1, -0.05) is 18.5 Å². The van der Waals surface area contributed by atoms with E-state index in [-0.39, 0.29) is 5.91 Å². The normalized spacial score (nSPS) is 15.4. The maximum atomic E-state index is 12.7. The summed E-state index contributed by atoms with van der Waals surface area (Å²) in [5.74, 6) is 1.84. The van der Waals surface area contributed by atoms with Crippen molar-refractivity contribution in [3.63, 3.8) is 0 Å². The predicted octanol–water partition coefficient (Wildman–Crippen LogP) is 4.05. The monoisotopic (exact) mass is 344 g/mol. The molecule has 3 rings (SSSR count). The number of halogens is 1. The van der Waals surface area contributed by atoms with Gasteiger partial charge in [0.05, 0.1) is 0 Å². The Morgan fingerprint density at radius 1 is 1.21 bits per heavy atom. The molecular weight excluding hydrogens is 324 g/mol. The minimum Gasteiger partial charge on any atom is -0.340 e. The number of rotatable bonds is 3. The summed E-state index contributed by atoms with van der Waals surface area (Å²) >= 11 is 5.90. The first-order valence-electron chi connectivity index (χ1n) is 8.19. The molecule has 5 nitrogen and oxygen atoms in total. The number of amides is 1. The smallest absolute Gasteiger partial charge is 0.272 e. The number of anilines is 2. The van der Waals surface area contributed by atoms with Crippen LogP contribution in [-0.4, -0.2) is 33.9 Å². The molecule has 0 radical (unpaired) electrons. The summed E-state index contributed by atoms with van der Waals surface area (Å²) in [6.07, 6.45) is 2.09. The minimum absolute atomic E-state index is 0.0217. The van der Waals surface area contributed by atoms with Crippen molar-refractivity contribution < 1.29 is 4.79 Å². The van der Waals surface area contributed by atoms with Crippen LogP contribution in [0.2, 0.25) is 5.02 Å². The van der Waals surface area contributed by atoms with Crippen molar-refractivity contribution in [3.8, 4) is 0 Å². The number of nitrogens with zero attached hydrogens (tertiary/aromatic N) is 3. The molecule has 0 bridgehead atoms. The molecule has 2 aromatic rings. The van der Waals surface area contributed by atoms with Crippen LogP contribution in [0.1, 0.15) is 36.1 Å². The first-order chi connectivity index (χ1) is 11.5. The number of carbonyl (C=O) groups is 1. The first kappa shape index (κ1) is 16.7. The van der Waals surface area contributed by atoms with E-state index >= 15 is 0 Å². The fourth-order valence-corrected chi connectivity index (χ4v) is 2.92. The number of nitrogens with one attached hydrogen (secondary N) is 1. The topological polar surface area (TPSA) is 58.1 Å². The standard InChI is InChI=1S/C18H21ClN4O/c1-12-7-9-23(10-8-12)18(24)16-11-17(21-13(2)20-16)22-15-5-3-14(19)4-6-15/h3-6,11-12H,7-10H2,1-2H3,(H,20,21,22). The Labute approximate surface area is 147 Å². The maximum absolute atomic E-state index is 12.7. The van der Waals surface area contributed by atoms with Crippen molar-refractivity contribution in [1.29, 1.82) is 0 Å². The Kier molecular flexibility index (Phi) is 5.00. The molecule has 1 aliphatic rings. The van der Waals surface area contributed by atoms with Crippen molar-refractivity contribution in [2.24, 2.45) is 5.92 Å². The number of hydrogen-bond acceptors (Lipinski definition) is 4. The molecule has 1 amide bonds. The number of hydrogen-bond donors (Lipinski definition) is 1. The molecule has 1 N–H and O–H groups in total. The van der Waals surface area contributed by atoms with Crippen LogP contribution in [0.25, 0.3) is 0 Å². The summed E-state index contributed by atoms with van der Waals surface area (Å²) in [7, 11) is 0. The van der Waals surface area contributed by atoms with Gasteiger partial charge in [0.15, 0.2) is 0 Å². The molecule has 126 valence electrons. The maximum Gasteiger partial charge on any atom is 0.272 e. The molecule has 1 aliphatic heterocycles. The van der Waals surface area contributed by atoms with E-state index in [9.17, 15) is 4.79 Å². The van der Waals surface area contributed by atoms with Gasteiger partial charge in [-0.25, -0.2) is 9.97 Å². The zero-order valence-electron chi connectivity index (χ0n) is 13.9. The highest BCUT2D eigenvalue weighted by molar-refractivity contribution is 6.30. The molecule has 0 spiro atoms. The Bertz CT molecular complexity index is 724. The van der Waals surface area contributed by atoms with Gasteiger partial charge in [0.25, 0.3) is 5.91 Å². The molecule has 6 heteroatoms. The molecule has 0 saturated carbocycles. The van der Waals surface area contributed by atoms with E-state index in [4.69, 9.17) is 11.6 Å². The second kappa shape index (κ2) is 7.18. The Morgan fingerprint density at radius 2 is 1.88 bits per heavy atom. The van der Waals surface area contributed by atoms with Crippen LogP contribution in [0, 0.1) is 12.8 Å². The lowest BCUT2D eigenvalue weighted by Crippen LogP contribution is -2.38. The van der Waals surface area contributed by atoms with Gasteiger partial charge < -0.3 is 10.2 Å². The third-order valence-electron chi connectivity index (χ3n) is 4.24. The summed E-state index contributed by atoms with van der Waals surface area (Å²) in [6, 6.07) is 9.06. The zero-order valence-corrected chi connectivity index (χ0v) is 14.7. The molecule has 1 fully saturated rings. The number of piperidine rings is 1. The Balaban J connectivity index is 1.78. The highest BCUT2D eigenvalue weighted by Crippen LogP contribution is 2.21. The number of aromatic nitrogens is 2. The average Bonchev–Trinajstić information content (AvgIpc) is 2.56. The fraction of sp³-hybridized carbons (Fsp3) is 0.389. The van der Waals surface area contributed by atoms with Gasteiger partial charge in [0.2, 0.25) is 0 Å². The van der Waals surface area contributed by atoms with Crippen LogP contribution in [-0.2, 0) is 0 Å². The van der Waals surface area contributed by atoms with Gasteiger partial charge in [-0.2, -0.15) is 0 Å². The van der Waals surface area contributed by atoms with Crippen LogP contribution >= 0.6 is 11.6 Å². The number of aryl methyl sites for hydroxylation is 1. The third kappa shape index (κ3) is 4.03. The summed E-state index contributed by atoms with van der Waals surface area (Å²) in [5.41, 5.74) is 1.30. The summed E-state index contributed by atoms with van der Waals surface area (Å²) in [5, 5.41) is 3.87. The zero-order chi connectivity index (χ0) is 17.1. The van der Waals surface area contributed by atoms with Crippen molar-refractivity contribution in [3.05, 3.63) is 46.9 Å². The van der Waals surface area contributed by atoms with Gasteiger partial charge in [-0.15, -0.1) is 0 Å². The SMILES string of the molecule is Cc1nc(Nc2ccc(Cl)cc2)cc(C(=O)N2CCC(C)CC2)n1. The molecular formula is C18H21ClN4O. The van der Waals surface area contributed by atoms with Crippen molar-refractivity contribution in [2.75, 3.05) is 18.4 Å². The lowest BCUT2D eigenvalue weighted by Gasteiger charge is -2.30. The van der Waals surface area contributed by atoms with Crippen LogP contribution in [0.3, 0.4) is 0 Å². The van der Waals surface area contributed by atoms with E-state index in [0.29, 0.717) is 28.3 Å².